The van der Waals surface area contributed by atoms with Gasteiger partial charge in [-0.25, -0.2) is 8.42 Å². The van der Waals surface area contributed by atoms with Crippen molar-refractivity contribution in [3.8, 4) is 11.5 Å². The zero-order chi connectivity index (χ0) is 21.3. The molecule has 5 rings (SSSR count). The summed E-state index contributed by atoms with van der Waals surface area (Å²) >= 11 is 4.17. The number of phenolic OH excluding ortho intramolecular Hbond substituents is 1. The van der Waals surface area contributed by atoms with Crippen molar-refractivity contribution in [3.63, 3.8) is 0 Å². The average Bonchev–Trinajstić information content (AvgIpc) is 3.04. The molecule has 2 aliphatic heterocycles. The van der Waals surface area contributed by atoms with Crippen LogP contribution in [0, 0.1) is 5.92 Å². The van der Waals surface area contributed by atoms with Gasteiger partial charge in [-0.15, -0.1) is 0 Å². The molecular weight excluding hydrogens is 426 g/mol. The van der Waals surface area contributed by atoms with Crippen LogP contribution in [-0.2, 0) is 31.4 Å². The summed E-state index contributed by atoms with van der Waals surface area (Å²) in [5.41, 5.74) is 1.44. The van der Waals surface area contributed by atoms with Gasteiger partial charge < -0.3 is 14.6 Å². The highest BCUT2D eigenvalue weighted by Gasteiger charge is 2.66. The van der Waals surface area contributed by atoms with Gasteiger partial charge in [0.2, 0.25) is 10.0 Å². The lowest BCUT2D eigenvalue weighted by atomic mass is 9.53. The number of benzene rings is 1. The first-order chi connectivity index (χ1) is 14.3. The van der Waals surface area contributed by atoms with Crippen molar-refractivity contribution in [3.05, 3.63) is 35.4 Å². The van der Waals surface area contributed by atoms with Gasteiger partial charge in [0.1, 0.15) is 6.10 Å². The summed E-state index contributed by atoms with van der Waals surface area (Å²) < 4.78 is 39.7. The Morgan fingerprint density at radius 3 is 2.93 bits per heavy atom. The van der Waals surface area contributed by atoms with Crippen LogP contribution in [-0.4, -0.2) is 60.1 Å². The van der Waals surface area contributed by atoms with E-state index in [1.54, 1.807) is 10.4 Å². The number of aromatic hydroxyl groups is 1. The predicted octanol–water partition coefficient (Wildman–Crippen LogP) is 1.79. The second kappa shape index (κ2) is 6.90. The molecule has 2 bridgehead atoms. The lowest BCUT2D eigenvalue weighted by Gasteiger charge is -2.56. The van der Waals surface area contributed by atoms with E-state index in [-0.39, 0.29) is 23.5 Å². The molecule has 0 aromatic heterocycles. The van der Waals surface area contributed by atoms with Crippen LogP contribution < -0.4 is 4.74 Å². The minimum atomic E-state index is -3.42. The maximum atomic E-state index is 13.1. The molecule has 5 atom stereocenters. The standard InChI is InChI=1S/C21H25NO6S2/c1-12(23)27-17-6-4-14-15-11-13-3-5-16(24)19-18(13)21(14,20(17)28-19)7-8-22(15)30(25,26)10-2-9-29/h3-6,14-15,17,20,24,29H,2,7-11H2,1H3/t14?,15-,17+,20+,21+/m1/s1. The molecule has 2 heterocycles. The van der Waals surface area contributed by atoms with Crippen molar-refractivity contribution in [1.82, 2.24) is 4.31 Å². The fourth-order valence-electron chi connectivity index (χ4n) is 6.01. The van der Waals surface area contributed by atoms with Crippen LogP contribution in [0.2, 0.25) is 0 Å². The average molecular weight is 452 g/mol. The Kier molecular flexibility index (Phi) is 4.65. The highest BCUT2D eigenvalue weighted by Crippen LogP contribution is 2.63. The van der Waals surface area contributed by atoms with E-state index in [2.05, 4.69) is 12.6 Å². The van der Waals surface area contributed by atoms with E-state index in [1.807, 2.05) is 18.2 Å². The molecule has 1 aromatic rings. The van der Waals surface area contributed by atoms with Crippen LogP contribution >= 0.6 is 12.6 Å². The molecule has 1 saturated heterocycles. The summed E-state index contributed by atoms with van der Waals surface area (Å²) in [5.74, 6) is 0.622. The third-order valence-corrected chi connectivity index (χ3v) is 9.31. The third-order valence-electron chi connectivity index (χ3n) is 7.02. The quantitative estimate of drug-likeness (QED) is 0.403. The molecule has 1 fully saturated rings. The number of carbonyl (C=O) groups excluding carboxylic acids is 1. The number of thiol groups is 1. The highest BCUT2D eigenvalue weighted by molar-refractivity contribution is 7.89. The van der Waals surface area contributed by atoms with Crippen molar-refractivity contribution in [2.24, 2.45) is 5.92 Å². The van der Waals surface area contributed by atoms with Gasteiger partial charge >= 0.3 is 5.97 Å². The van der Waals surface area contributed by atoms with Crippen molar-refractivity contribution in [1.29, 1.82) is 0 Å². The van der Waals surface area contributed by atoms with Crippen LogP contribution in [0.5, 0.6) is 11.5 Å². The first-order valence-electron chi connectivity index (χ1n) is 10.3. The highest BCUT2D eigenvalue weighted by atomic mass is 32.2. The van der Waals surface area contributed by atoms with Crippen LogP contribution in [0.25, 0.3) is 0 Å². The molecular formula is C21H25NO6S2. The molecule has 0 saturated carbocycles. The number of sulfonamides is 1. The van der Waals surface area contributed by atoms with Crippen LogP contribution in [0.3, 0.4) is 0 Å². The summed E-state index contributed by atoms with van der Waals surface area (Å²) in [4.78, 5) is 11.7. The maximum Gasteiger partial charge on any atom is 0.303 e. The normalized spacial score (nSPS) is 33.7. The van der Waals surface area contributed by atoms with Gasteiger partial charge in [0, 0.05) is 36.4 Å². The first-order valence-corrected chi connectivity index (χ1v) is 12.5. The molecule has 1 spiro atoms. The Bertz CT molecular complexity index is 1040. The van der Waals surface area contributed by atoms with E-state index in [0.29, 0.717) is 37.3 Å². The number of hydrogen-bond acceptors (Lipinski definition) is 7. The number of piperidine rings is 1. The minimum Gasteiger partial charge on any atom is -0.504 e. The Morgan fingerprint density at radius 2 is 2.20 bits per heavy atom. The molecule has 0 amide bonds. The topological polar surface area (TPSA) is 93.1 Å². The fourth-order valence-corrected chi connectivity index (χ4v) is 8.11. The second-order valence-electron chi connectivity index (χ2n) is 8.54. The smallest absolute Gasteiger partial charge is 0.303 e. The lowest BCUT2D eigenvalue weighted by Crippen LogP contribution is -2.66. The number of esters is 1. The molecule has 1 unspecified atom stereocenters. The number of rotatable bonds is 5. The number of phenols is 1. The van der Waals surface area contributed by atoms with Gasteiger partial charge in [-0.1, -0.05) is 12.1 Å². The monoisotopic (exact) mass is 451 g/mol. The van der Waals surface area contributed by atoms with Crippen molar-refractivity contribution >= 4 is 28.6 Å². The molecule has 1 N–H and O–H groups in total. The molecule has 1 aromatic carbocycles. The summed E-state index contributed by atoms with van der Waals surface area (Å²) in [5, 5.41) is 10.5. The van der Waals surface area contributed by atoms with Crippen LogP contribution in [0.1, 0.15) is 30.9 Å². The van der Waals surface area contributed by atoms with E-state index in [0.717, 1.165) is 11.1 Å². The van der Waals surface area contributed by atoms with Gasteiger partial charge in [-0.3, -0.25) is 4.79 Å². The summed E-state index contributed by atoms with van der Waals surface area (Å²) in [6.07, 6.45) is 4.38. The number of ether oxygens (including phenoxy) is 2. The fraction of sp³-hybridized carbons (Fsp3) is 0.571. The zero-order valence-electron chi connectivity index (χ0n) is 16.7. The Hall–Kier alpha value is -1.71. The maximum absolute atomic E-state index is 13.1. The van der Waals surface area contributed by atoms with Crippen molar-refractivity contribution in [2.75, 3.05) is 18.1 Å². The molecule has 4 aliphatic rings. The van der Waals surface area contributed by atoms with E-state index >= 15 is 0 Å². The minimum absolute atomic E-state index is 0.0696. The van der Waals surface area contributed by atoms with Crippen LogP contribution in [0.4, 0.5) is 0 Å². The lowest BCUT2D eigenvalue weighted by molar-refractivity contribution is -0.151. The van der Waals surface area contributed by atoms with Crippen molar-refractivity contribution < 1.29 is 27.8 Å². The molecule has 9 heteroatoms. The predicted molar refractivity (Wildman–Crippen MR) is 113 cm³/mol. The summed E-state index contributed by atoms with van der Waals surface area (Å²) in [6.45, 7) is 1.74. The van der Waals surface area contributed by atoms with Crippen LogP contribution in [0.15, 0.2) is 24.3 Å². The number of carbonyl (C=O) groups is 1. The second-order valence-corrected chi connectivity index (χ2v) is 11.0. The third kappa shape index (κ3) is 2.67. The SMILES string of the molecule is CC(=O)O[C@H]1C=CC2[C@H]3Cc4ccc(O)c5c4[C@@]2(CCN3S(=O)(=O)CCCS)[C@H]1O5. The van der Waals surface area contributed by atoms with Crippen molar-refractivity contribution in [2.45, 2.75) is 49.9 Å². The first kappa shape index (κ1) is 20.2. The molecule has 162 valence electrons. The summed E-state index contributed by atoms with van der Waals surface area (Å²) in [7, 11) is -3.42. The Balaban J connectivity index is 1.64. The molecule has 2 aliphatic carbocycles. The Labute approximate surface area is 181 Å². The molecule has 7 nitrogen and oxygen atoms in total. The van der Waals surface area contributed by atoms with E-state index in [1.165, 1.54) is 6.92 Å². The van der Waals surface area contributed by atoms with E-state index < -0.39 is 33.6 Å². The molecule has 30 heavy (non-hydrogen) atoms. The van der Waals surface area contributed by atoms with Gasteiger partial charge in [0.05, 0.1) is 5.75 Å². The van der Waals surface area contributed by atoms with E-state index in [4.69, 9.17) is 9.47 Å². The van der Waals surface area contributed by atoms with Gasteiger partial charge in [-0.05, 0) is 42.7 Å². The van der Waals surface area contributed by atoms with Gasteiger partial charge in [0.15, 0.2) is 17.6 Å². The Morgan fingerprint density at radius 1 is 1.40 bits per heavy atom. The largest absolute Gasteiger partial charge is 0.504 e. The number of nitrogens with zero attached hydrogens (tertiary/aromatic N) is 1. The van der Waals surface area contributed by atoms with Gasteiger partial charge in [0.25, 0.3) is 0 Å². The number of hydrogen-bond donors (Lipinski definition) is 2. The van der Waals surface area contributed by atoms with Gasteiger partial charge in [-0.2, -0.15) is 16.9 Å². The zero-order valence-corrected chi connectivity index (χ0v) is 18.4. The van der Waals surface area contributed by atoms with E-state index in [9.17, 15) is 18.3 Å². The summed E-state index contributed by atoms with van der Waals surface area (Å²) in [6, 6.07) is 3.24. The molecule has 0 radical (unpaired) electrons.